The van der Waals surface area contributed by atoms with Gasteiger partial charge in [-0.1, -0.05) is 63.3 Å². The van der Waals surface area contributed by atoms with Gasteiger partial charge in [0.2, 0.25) is 0 Å². The molecule has 0 saturated carbocycles. The van der Waals surface area contributed by atoms with Crippen molar-refractivity contribution in [2.75, 3.05) is 6.61 Å². The molecule has 0 aliphatic heterocycles. The molecule has 0 aliphatic rings. The van der Waals surface area contributed by atoms with Gasteiger partial charge in [-0.3, -0.25) is 4.79 Å². The van der Waals surface area contributed by atoms with Gasteiger partial charge in [-0.2, -0.15) is 0 Å². The first-order valence-electron chi connectivity index (χ1n) is 12.3. The van der Waals surface area contributed by atoms with Gasteiger partial charge in [0.15, 0.2) is 8.32 Å². The number of ether oxygens (including phenoxy) is 2. The third-order valence-corrected chi connectivity index (χ3v) is 10.7. The van der Waals surface area contributed by atoms with Crippen molar-refractivity contribution in [3.05, 3.63) is 84.0 Å². The van der Waals surface area contributed by atoms with E-state index in [0.717, 1.165) is 23.3 Å². The van der Waals surface area contributed by atoms with Gasteiger partial charge >= 0.3 is 5.97 Å². The molecule has 0 heterocycles. The second-order valence-electron chi connectivity index (χ2n) is 11.3. The number of carbonyl (C=O) groups excluding carboxylic acids is 1. The van der Waals surface area contributed by atoms with Crippen molar-refractivity contribution in [3.63, 3.8) is 0 Å². The molecule has 0 atom stereocenters. The summed E-state index contributed by atoms with van der Waals surface area (Å²) >= 11 is 0. The van der Waals surface area contributed by atoms with Gasteiger partial charge in [-0.25, -0.2) is 0 Å². The Labute approximate surface area is 213 Å². The maximum Gasteiger partial charge on any atom is 0.316 e. The lowest BCUT2D eigenvalue weighted by Crippen LogP contribution is -2.40. The molecule has 0 spiro atoms. The van der Waals surface area contributed by atoms with Crippen LogP contribution >= 0.6 is 0 Å². The van der Waals surface area contributed by atoms with Crippen LogP contribution in [0.1, 0.15) is 59.1 Å². The average Bonchev–Trinajstić information content (AvgIpc) is 2.78. The number of hydrogen-bond donors (Lipinski definition) is 0. The van der Waals surface area contributed by atoms with Crippen molar-refractivity contribution in [3.8, 4) is 5.75 Å². The zero-order chi connectivity index (χ0) is 26.1. The number of carbonyl (C=O) groups is 1. The molecule has 0 aromatic heterocycles. The Bertz CT molecular complexity index is 991. The first kappa shape index (κ1) is 28.6. The third kappa shape index (κ3) is 9.50. The van der Waals surface area contributed by atoms with Crippen molar-refractivity contribution < 1.29 is 18.7 Å². The first-order chi connectivity index (χ1) is 16.3. The fraction of sp³-hybridized carbons (Fsp3) is 0.433. The molecule has 0 radical (unpaired) electrons. The Balaban J connectivity index is 2.07. The number of allylic oxidation sites excluding steroid dienone is 2. The topological polar surface area (TPSA) is 44.8 Å². The first-order valence-corrected chi connectivity index (χ1v) is 15.2. The normalized spacial score (nSPS) is 13.2. The Morgan fingerprint density at radius 2 is 1.54 bits per heavy atom. The smallest absolute Gasteiger partial charge is 0.316 e. The van der Waals surface area contributed by atoms with Crippen LogP contribution in [0.3, 0.4) is 0 Å². The SMILES string of the molecule is CC(C)(C)C(=O)O/C(=C\C=C\CCO[Si](C)(C)C(C)(C)C)c1ccc(OCc2ccccc2)cc1. The molecule has 0 amide bonds. The number of rotatable bonds is 10. The highest BCUT2D eigenvalue weighted by molar-refractivity contribution is 6.74. The van der Waals surface area contributed by atoms with Crippen LogP contribution in [0.2, 0.25) is 18.1 Å². The summed E-state index contributed by atoms with van der Waals surface area (Å²) in [5, 5.41) is 0.196. The lowest BCUT2D eigenvalue weighted by atomic mass is 9.97. The summed E-state index contributed by atoms with van der Waals surface area (Å²) in [5.74, 6) is 1.00. The van der Waals surface area contributed by atoms with Crippen molar-refractivity contribution in [1.82, 2.24) is 0 Å². The van der Waals surface area contributed by atoms with E-state index < -0.39 is 13.7 Å². The molecule has 0 unspecified atom stereocenters. The number of hydrogen-bond acceptors (Lipinski definition) is 4. The summed E-state index contributed by atoms with van der Waals surface area (Å²) < 4.78 is 17.9. The predicted molar refractivity (Wildman–Crippen MR) is 148 cm³/mol. The quantitative estimate of drug-likeness (QED) is 0.110. The zero-order valence-electron chi connectivity index (χ0n) is 22.7. The lowest BCUT2D eigenvalue weighted by molar-refractivity contribution is -0.145. The second-order valence-corrected chi connectivity index (χ2v) is 16.1. The molecule has 190 valence electrons. The van der Waals surface area contributed by atoms with Crippen LogP contribution in [0.4, 0.5) is 0 Å². The second kappa shape index (κ2) is 12.4. The Morgan fingerprint density at radius 3 is 2.11 bits per heavy atom. The number of esters is 1. The lowest BCUT2D eigenvalue weighted by Gasteiger charge is -2.36. The molecule has 35 heavy (non-hydrogen) atoms. The van der Waals surface area contributed by atoms with Crippen molar-refractivity contribution in [2.24, 2.45) is 5.41 Å². The standard InChI is InChI=1S/C30H42O4Si/c1-29(2,3)28(31)34-27(17-13-10-14-22-33-35(7,8)30(4,5)6)25-18-20-26(21-19-25)32-23-24-15-11-9-12-16-24/h9-13,15-21H,14,22-23H2,1-8H3/b13-10+,27-17-. The summed E-state index contributed by atoms with van der Waals surface area (Å²) in [6, 6.07) is 17.7. The van der Waals surface area contributed by atoms with Crippen molar-refractivity contribution in [2.45, 2.75) is 72.7 Å². The van der Waals surface area contributed by atoms with E-state index in [1.807, 2.05) is 87.5 Å². The molecule has 2 rings (SSSR count). The van der Waals surface area contributed by atoms with E-state index >= 15 is 0 Å². The van der Waals surface area contributed by atoms with Gasteiger partial charge in [-0.05, 0) is 81.2 Å². The monoisotopic (exact) mass is 494 g/mol. The molecule has 2 aromatic carbocycles. The Morgan fingerprint density at radius 1 is 0.914 bits per heavy atom. The van der Waals surface area contributed by atoms with Crippen LogP contribution in [0.15, 0.2) is 72.8 Å². The number of benzene rings is 2. The van der Waals surface area contributed by atoms with Crippen LogP contribution < -0.4 is 4.74 Å². The minimum atomic E-state index is -1.75. The Hall–Kier alpha value is -2.63. The predicted octanol–water partition coefficient (Wildman–Crippen LogP) is 8.16. The fourth-order valence-electron chi connectivity index (χ4n) is 2.75. The molecule has 5 heteroatoms. The molecule has 0 N–H and O–H groups in total. The molecule has 0 bridgehead atoms. The molecule has 0 saturated heterocycles. The summed E-state index contributed by atoms with van der Waals surface area (Å²) in [5.41, 5.74) is 1.33. The van der Waals surface area contributed by atoms with Crippen LogP contribution in [-0.2, 0) is 20.6 Å². The minimum Gasteiger partial charge on any atom is -0.489 e. The van der Waals surface area contributed by atoms with Gasteiger partial charge in [0.25, 0.3) is 0 Å². The fourth-order valence-corrected chi connectivity index (χ4v) is 3.81. The third-order valence-electron chi connectivity index (χ3n) is 6.14. The highest BCUT2D eigenvalue weighted by Gasteiger charge is 2.36. The highest BCUT2D eigenvalue weighted by atomic mass is 28.4. The summed E-state index contributed by atoms with van der Waals surface area (Å²) in [4.78, 5) is 12.6. The maximum atomic E-state index is 12.6. The van der Waals surface area contributed by atoms with Crippen LogP contribution in [0.5, 0.6) is 5.75 Å². The average molecular weight is 495 g/mol. The molecular weight excluding hydrogens is 452 g/mol. The van der Waals surface area contributed by atoms with E-state index in [1.54, 1.807) is 0 Å². The van der Waals surface area contributed by atoms with Gasteiger partial charge in [-0.15, -0.1) is 0 Å². The summed E-state index contributed by atoms with van der Waals surface area (Å²) in [6.07, 6.45) is 6.63. The molecule has 2 aromatic rings. The van der Waals surface area contributed by atoms with E-state index in [9.17, 15) is 4.79 Å². The van der Waals surface area contributed by atoms with Crippen LogP contribution in [0.25, 0.3) is 5.76 Å². The van der Waals surface area contributed by atoms with E-state index in [4.69, 9.17) is 13.9 Å². The van der Waals surface area contributed by atoms with Crippen LogP contribution in [-0.4, -0.2) is 20.9 Å². The highest BCUT2D eigenvalue weighted by Crippen LogP contribution is 2.36. The van der Waals surface area contributed by atoms with E-state index in [0.29, 0.717) is 19.0 Å². The van der Waals surface area contributed by atoms with Gasteiger partial charge in [0.05, 0.1) is 5.41 Å². The van der Waals surface area contributed by atoms with Gasteiger partial charge in [0, 0.05) is 12.2 Å². The maximum absolute atomic E-state index is 12.6. The molecule has 4 nitrogen and oxygen atoms in total. The van der Waals surface area contributed by atoms with Crippen LogP contribution in [0, 0.1) is 5.41 Å². The molecular formula is C30H42O4Si. The summed E-state index contributed by atoms with van der Waals surface area (Å²) in [6.45, 7) is 18.0. The minimum absolute atomic E-state index is 0.196. The van der Waals surface area contributed by atoms with Crippen molar-refractivity contribution >= 4 is 20.0 Å². The zero-order valence-corrected chi connectivity index (χ0v) is 23.7. The summed E-state index contributed by atoms with van der Waals surface area (Å²) in [7, 11) is -1.75. The van der Waals surface area contributed by atoms with E-state index in [1.165, 1.54) is 0 Å². The molecule has 0 fully saturated rings. The Kier molecular flexibility index (Phi) is 10.1. The van der Waals surface area contributed by atoms with Gasteiger partial charge < -0.3 is 13.9 Å². The van der Waals surface area contributed by atoms with Gasteiger partial charge in [0.1, 0.15) is 18.1 Å². The van der Waals surface area contributed by atoms with E-state index in [2.05, 4.69) is 39.9 Å². The van der Waals surface area contributed by atoms with Crippen molar-refractivity contribution in [1.29, 1.82) is 0 Å². The van der Waals surface area contributed by atoms with E-state index in [-0.39, 0.29) is 11.0 Å². The largest absolute Gasteiger partial charge is 0.489 e. The molecule has 0 aliphatic carbocycles.